The Balaban J connectivity index is 2.61. The van der Waals surface area contributed by atoms with E-state index in [1.807, 2.05) is 20.8 Å². The van der Waals surface area contributed by atoms with E-state index in [0.29, 0.717) is 13.2 Å². The van der Waals surface area contributed by atoms with Crippen LogP contribution in [0.4, 0.5) is 4.39 Å². The van der Waals surface area contributed by atoms with Crippen molar-refractivity contribution in [2.45, 2.75) is 26.9 Å². The molecule has 1 N–H and O–H groups in total. The molecule has 0 radical (unpaired) electrons. The maximum atomic E-state index is 13.4. The lowest BCUT2D eigenvalue weighted by Crippen LogP contribution is -2.32. The second-order valence-corrected chi connectivity index (χ2v) is 3.96. The van der Waals surface area contributed by atoms with Crippen molar-refractivity contribution >= 4 is 5.91 Å². The summed E-state index contributed by atoms with van der Waals surface area (Å²) >= 11 is 0. The molecule has 0 bridgehead atoms. The normalized spacial score (nSPS) is 12.2. The van der Waals surface area contributed by atoms with Crippen molar-refractivity contribution in [3.8, 4) is 0 Å². The van der Waals surface area contributed by atoms with Crippen molar-refractivity contribution in [3.05, 3.63) is 35.1 Å². The fourth-order valence-corrected chi connectivity index (χ4v) is 1.49. The minimum absolute atomic E-state index is 0.0724. The summed E-state index contributed by atoms with van der Waals surface area (Å²) < 4.78 is 18.7. The van der Waals surface area contributed by atoms with Crippen molar-refractivity contribution in [2.24, 2.45) is 0 Å². The minimum atomic E-state index is -0.503. The summed E-state index contributed by atoms with van der Waals surface area (Å²) in [6.45, 7) is 6.53. The molecule has 3 nitrogen and oxygen atoms in total. The Morgan fingerprint density at radius 1 is 1.53 bits per heavy atom. The highest BCUT2D eigenvalue weighted by Gasteiger charge is 2.12. The molecule has 94 valence electrons. The Labute approximate surface area is 101 Å². The van der Waals surface area contributed by atoms with E-state index in [2.05, 4.69) is 5.32 Å². The lowest BCUT2D eigenvalue weighted by Gasteiger charge is -2.13. The molecule has 0 fully saturated rings. The molecule has 17 heavy (non-hydrogen) atoms. The third-order valence-electron chi connectivity index (χ3n) is 2.37. The Kier molecular flexibility index (Phi) is 5.10. The average Bonchev–Trinajstić information content (AvgIpc) is 2.29. The second-order valence-electron chi connectivity index (χ2n) is 3.96. The number of halogens is 1. The zero-order valence-corrected chi connectivity index (χ0v) is 10.4. The van der Waals surface area contributed by atoms with E-state index in [0.717, 1.165) is 5.56 Å². The Bertz CT molecular complexity index is 393. The summed E-state index contributed by atoms with van der Waals surface area (Å²) in [7, 11) is 0. The molecule has 0 aromatic heterocycles. The summed E-state index contributed by atoms with van der Waals surface area (Å²) in [5.41, 5.74) is 0.933. The van der Waals surface area contributed by atoms with Crippen LogP contribution in [0, 0.1) is 12.7 Å². The van der Waals surface area contributed by atoms with Crippen LogP contribution in [0.25, 0.3) is 0 Å². The molecule has 0 heterocycles. The summed E-state index contributed by atoms with van der Waals surface area (Å²) in [6.07, 6.45) is -0.0724. The molecule has 1 aromatic carbocycles. The van der Waals surface area contributed by atoms with Crippen LogP contribution < -0.4 is 5.32 Å². The van der Waals surface area contributed by atoms with Crippen molar-refractivity contribution in [1.29, 1.82) is 0 Å². The van der Waals surface area contributed by atoms with Crippen LogP contribution in [0.15, 0.2) is 18.2 Å². The first-order chi connectivity index (χ1) is 8.04. The summed E-state index contributed by atoms with van der Waals surface area (Å²) in [5, 5.41) is 2.65. The number of aryl methyl sites for hydroxylation is 1. The van der Waals surface area contributed by atoms with Crippen LogP contribution in [0.1, 0.15) is 29.8 Å². The molecule has 4 heteroatoms. The molecule has 0 aliphatic carbocycles. The molecule has 1 amide bonds. The zero-order valence-electron chi connectivity index (χ0n) is 10.4. The standard InChI is InChI=1S/C13H18FNO2/c1-4-17-10(3)8-15-13(16)11-7-9(2)5-6-12(11)14/h5-7,10H,4,8H2,1-3H3,(H,15,16). The first-order valence-corrected chi connectivity index (χ1v) is 5.70. The number of amides is 1. The van der Waals surface area contributed by atoms with Crippen LogP contribution in [-0.4, -0.2) is 25.2 Å². The first-order valence-electron chi connectivity index (χ1n) is 5.70. The van der Waals surface area contributed by atoms with Crippen LogP contribution in [-0.2, 0) is 4.74 Å². The van der Waals surface area contributed by atoms with E-state index in [1.165, 1.54) is 12.1 Å². The first kappa shape index (κ1) is 13.6. The van der Waals surface area contributed by atoms with Crippen LogP contribution in [0.2, 0.25) is 0 Å². The molecule has 0 aliphatic rings. The van der Waals surface area contributed by atoms with Gasteiger partial charge in [-0.15, -0.1) is 0 Å². The second kappa shape index (κ2) is 6.35. The fraction of sp³-hybridized carbons (Fsp3) is 0.462. The minimum Gasteiger partial charge on any atom is -0.377 e. The van der Waals surface area contributed by atoms with E-state index in [1.54, 1.807) is 6.07 Å². The van der Waals surface area contributed by atoms with Crippen molar-refractivity contribution < 1.29 is 13.9 Å². The fourth-order valence-electron chi connectivity index (χ4n) is 1.49. The molecule has 0 spiro atoms. The molecular formula is C13H18FNO2. The number of benzene rings is 1. The van der Waals surface area contributed by atoms with Gasteiger partial charge in [0.1, 0.15) is 5.82 Å². The maximum absolute atomic E-state index is 13.4. The highest BCUT2D eigenvalue weighted by Crippen LogP contribution is 2.09. The molecule has 1 atom stereocenters. The van der Waals surface area contributed by atoms with Gasteiger partial charge in [-0.3, -0.25) is 4.79 Å². The van der Waals surface area contributed by atoms with Crippen LogP contribution in [0.3, 0.4) is 0 Å². The van der Waals surface area contributed by atoms with Gasteiger partial charge in [0, 0.05) is 13.2 Å². The number of carbonyl (C=O) groups is 1. The van der Waals surface area contributed by atoms with Crippen molar-refractivity contribution in [3.63, 3.8) is 0 Å². The SMILES string of the molecule is CCOC(C)CNC(=O)c1cc(C)ccc1F. The number of carbonyl (C=O) groups excluding carboxylic acids is 1. The smallest absolute Gasteiger partial charge is 0.254 e. The highest BCUT2D eigenvalue weighted by molar-refractivity contribution is 5.94. The van der Waals surface area contributed by atoms with Crippen molar-refractivity contribution in [1.82, 2.24) is 5.32 Å². The molecule has 0 aliphatic heterocycles. The van der Waals surface area contributed by atoms with E-state index in [4.69, 9.17) is 4.74 Å². The lowest BCUT2D eigenvalue weighted by atomic mass is 10.1. The van der Waals surface area contributed by atoms with Crippen molar-refractivity contribution in [2.75, 3.05) is 13.2 Å². The van der Waals surface area contributed by atoms with Gasteiger partial charge in [-0.25, -0.2) is 4.39 Å². The quantitative estimate of drug-likeness (QED) is 0.856. The van der Waals surface area contributed by atoms with E-state index in [9.17, 15) is 9.18 Å². The molecule has 1 unspecified atom stereocenters. The Morgan fingerprint density at radius 2 is 2.24 bits per heavy atom. The van der Waals surface area contributed by atoms with E-state index < -0.39 is 11.7 Å². The highest BCUT2D eigenvalue weighted by atomic mass is 19.1. The Hall–Kier alpha value is -1.42. The summed E-state index contributed by atoms with van der Waals surface area (Å²) in [4.78, 5) is 11.7. The monoisotopic (exact) mass is 239 g/mol. The third kappa shape index (κ3) is 4.15. The van der Waals surface area contributed by atoms with Crippen LogP contribution >= 0.6 is 0 Å². The molecule has 0 saturated carbocycles. The number of ether oxygens (including phenoxy) is 1. The van der Waals surface area contributed by atoms with Gasteiger partial charge in [0.25, 0.3) is 5.91 Å². The van der Waals surface area contributed by atoms with Gasteiger partial charge in [-0.2, -0.15) is 0 Å². The predicted molar refractivity (Wildman–Crippen MR) is 64.6 cm³/mol. The van der Waals surface area contributed by atoms with Gasteiger partial charge >= 0.3 is 0 Å². The molecular weight excluding hydrogens is 221 g/mol. The van der Waals surface area contributed by atoms with Gasteiger partial charge < -0.3 is 10.1 Å². The summed E-state index contributed by atoms with van der Waals surface area (Å²) in [6, 6.07) is 4.47. The van der Waals surface area contributed by atoms with Gasteiger partial charge in [0.05, 0.1) is 11.7 Å². The maximum Gasteiger partial charge on any atom is 0.254 e. The van der Waals surface area contributed by atoms with E-state index in [-0.39, 0.29) is 11.7 Å². The van der Waals surface area contributed by atoms with Gasteiger partial charge in [-0.1, -0.05) is 11.6 Å². The van der Waals surface area contributed by atoms with Gasteiger partial charge in [0.15, 0.2) is 0 Å². The van der Waals surface area contributed by atoms with Gasteiger partial charge in [0.2, 0.25) is 0 Å². The molecule has 1 aromatic rings. The molecule has 1 rings (SSSR count). The van der Waals surface area contributed by atoms with Gasteiger partial charge in [-0.05, 0) is 32.9 Å². The summed E-state index contributed by atoms with van der Waals surface area (Å²) in [5.74, 6) is -0.907. The largest absolute Gasteiger partial charge is 0.377 e. The van der Waals surface area contributed by atoms with E-state index >= 15 is 0 Å². The third-order valence-corrected chi connectivity index (χ3v) is 2.37. The molecule has 0 saturated heterocycles. The Morgan fingerprint density at radius 3 is 2.88 bits per heavy atom. The number of rotatable bonds is 5. The predicted octanol–water partition coefficient (Wildman–Crippen LogP) is 2.29. The number of hydrogen-bond donors (Lipinski definition) is 1. The average molecular weight is 239 g/mol. The van der Waals surface area contributed by atoms with Crippen LogP contribution in [0.5, 0.6) is 0 Å². The number of hydrogen-bond acceptors (Lipinski definition) is 2. The number of nitrogens with one attached hydrogen (secondary N) is 1. The topological polar surface area (TPSA) is 38.3 Å². The lowest BCUT2D eigenvalue weighted by molar-refractivity contribution is 0.0693. The zero-order chi connectivity index (χ0) is 12.8.